The number of carbonyl (C=O) groups is 2. The van der Waals surface area contributed by atoms with Crippen LogP contribution < -0.4 is 5.32 Å². The number of hydrogen-bond donors (Lipinski definition) is 2. The Morgan fingerprint density at radius 2 is 2.10 bits per heavy atom. The number of nitrogens with zero attached hydrogens (tertiary/aromatic N) is 1. The summed E-state index contributed by atoms with van der Waals surface area (Å²) < 4.78 is 11.1. The van der Waals surface area contributed by atoms with Gasteiger partial charge in [-0.3, -0.25) is 19.9 Å². The zero-order valence-corrected chi connectivity index (χ0v) is 11.4. The number of aliphatic hydroxyl groups is 1. The lowest BCUT2D eigenvalue weighted by atomic mass is 10.0. The summed E-state index contributed by atoms with van der Waals surface area (Å²) in [5.41, 5.74) is 0.697. The molecule has 0 atom stereocenters. The molecule has 0 saturated carbocycles. The van der Waals surface area contributed by atoms with Crippen molar-refractivity contribution in [3.63, 3.8) is 0 Å². The molecule has 2 amide bonds. The van der Waals surface area contributed by atoms with Gasteiger partial charge in [-0.25, -0.2) is 0 Å². The van der Waals surface area contributed by atoms with E-state index in [9.17, 15) is 14.7 Å². The number of ether oxygens (including phenoxy) is 2. The van der Waals surface area contributed by atoms with Gasteiger partial charge in [0.05, 0.1) is 25.2 Å². The third-order valence-electron chi connectivity index (χ3n) is 3.51. The van der Waals surface area contributed by atoms with Crippen LogP contribution in [0.2, 0.25) is 0 Å². The van der Waals surface area contributed by atoms with E-state index in [-0.39, 0.29) is 23.4 Å². The molecule has 0 radical (unpaired) electrons. The van der Waals surface area contributed by atoms with Gasteiger partial charge < -0.3 is 14.6 Å². The van der Waals surface area contributed by atoms with Crippen LogP contribution in [0.5, 0.6) is 0 Å². The summed E-state index contributed by atoms with van der Waals surface area (Å²) in [5.74, 6) is -2.41. The molecule has 7 nitrogen and oxygen atoms in total. The quantitative estimate of drug-likeness (QED) is 0.470. The van der Waals surface area contributed by atoms with Crippen LogP contribution in [0.15, 0.2) is 23.9 Å². The fraction of sp³-hybridized carbons (Fsp3) is 0.357. The maximum absolute atomic E-state index is 11.7. The minimum absolute atomic E-state index is 0.00143. The van der Waals surface area contributed by atoms with E-state index in [1.54, 1.807) is 19.1 Å². The number of aliphatic hydroxyl groups excluding tert-OH is 1. The zero-order chi connectivity index (χ0) is 15.0. The fourth-order valence-electron chi connectivity index (χ4n) is 2.45. The first-order valence-corrected chi connectivity index (χ1v) is 6.51. The molecule has 1 aromatic heterocycles. The van der Waals surface area contributed by atoms with Crippen LogP contribution in [-0.2, 0) is 24.8 Å². The summed E-state index contributed by atoms with van der Waals surface area (Å²) in [5, 5.41) is 12.5. The smallest absolute Gasteiger partial charge is 0.258 e. The molecule has 2 saturated heterocycles. The Balaban J connectivity index is 2.09. The van der Waals surface area contributed by atoms with Crippen LogP contribution >= 0.6 is 0 Å². The predicted octanol–water partition coefficient (Wildman–Crippen LogP) is 0.617. The van der Waals surface area contributed by atoms with Gasteiger partial charge >= 0.3 is 0 Å². The van der Waals surface area contributed by atoms with E-state index in [0.29, 0.717) is 18.8 Å². The van der Waals surface area contributed by atoms with E-state index in [2.05, 4.69) is 10.3 Å². The highest BCUT2D eigenvalue weighted by Crippen LogP contribution is 2.35. The second-order valence-electron chi connectivity index (χ2n) is 4.92. The Kier molecular flexibility index (Phi) is 3.23. The van der Waals surface area contributed by atoms with Gasteiger partial charge in [-0.1, -0.05) is 0 Å². The molecular formula is C14H14N2O5. The lowest BCUT2D eigenvalue weighted by Crippen LogP contribution is -2.25. The van der Waals surface area contributed by atoms with Gasteiger partial charge in [-0.05, 0) is 19.1 Å². The molecule has 0 aliphatic carbocycles. The highest BCUT2D eigenvalue weighted by molar-refractivity contribution is 6.16. The largest absolute Gasteiger partial charge is 0.505 e. The summed E-state index contributed by atoms with van der Waals surface area (Å²) in [4.78, 5) is 27.0. The molecule has 2 aliphatic heterocycles. The van der Waals surface area contributed by atoms with Crippen LogP contribution in [0.3, 0.4) is 0 Å². The Bertz CT molecular complexity index is 647. The molecule has 1 aromatic rings. The van der Waals surface area contributed by atoms with E-state index >= 15 is 0 Å². The SMILES string of the molecule is CC1(c2cccnc2C(O)=C2CC(=O)NC2=O)OCCO1. The molecule has 2 aliphatic rings. The summed E-state index contributed by atoms with van der Waals surface area (Å²) >= 11 is 0. The van der Waals surface area contributed by atoms with Crippen molar-refractivity contribution in [2.45, 2.75) is 19.1 Å². The van der Waals surface area contributed by atoms with Crippen molar-refractivity contribution in [2.24, 2.45) is 0 Å². The van der Waals surface area contributed by atoms with Crippen LogP contribution in [-0.4, -0.2) is 35.1 Å². The van der Waals surface area contributed by atoms with E-state index in [1.807, 2.05) is 0 Å². The summed E-state index contributed by atoms with van der Waals surface area (Å²) in [7, 11) is 0. The number of nitrogens with one attached hydrogen (secondary N) is 1. The maximum Gasteiger partial charge on any atom is 0.258 e. The molecule has 110 valence electrons. The molecule has 0 unspecified atom stereocenters. The normalized spacial score (nSPS) is 23.3. The van der Waals surface area contributed by atoms with Gasteiger partial charge in [0.2, 0.25) is 5.91 Å². The Morgan fingerprint density at radius 3 is 2.71 bits per heavy atom. The maximum atomic E-state index is 11.7. The third kappa shape index (κ3) is 2.30. The van der Waals surface area contributed by atoms with Crippen molar-refractivity contribution >= 4 is 17.6 Å². The first-order valence-electron chi connectivity index (χ1n) is 6.51. The van der Waals surface area contributed by atoms with Crippen molar-refractivity contribution in [2.75, 3.05) is 13.2 Å². The molecule has 7 heteroatoms. The van der Waals surface area contributed by atoms with Crippen LogP contribution in [0.1, 0.15) is 24.6 Å². The minimum Gasteiger partial charge on any atom is -0.505 e. The van der Waals surface area contributed by atoms with Crippen molar-refractivity contribution in [1.29, 1.82) is 0 Å². The molecule has 21 heavy (non-hydrogen) atoms. The minimum atomic E-state index is -1.03. The number of rotatable bonds is 2. The lowest BCUT2D eigenvalue weighted by Gasteiger charge is -2.24. The average Bonchev–Trinajstić information content (AvgIpc) is 3.05. The molecule has 3 heterocycles. The predicted molar refractivity (Wildman–Crippen MR) is 70.8 cm³/mol. The van der Waals surface area contributed by atoms with Gasteiger partial charge in [-0.2, -0.15) is 0 Å². The zero-order valence-electron chi connectivity index (χ0n) is 11.4. The van der Waals surface area contributed by atoms with Crippen LogP contribution in [0.4, 0.5) is 0 Å². The standard InChI is InChI=1S/C14H14N2O5/c1-14(20-5-6-21-14)9-3-2-4-15-11(9)12(18)8-7-10(17)16-13(8)19/h2-4,18H,5-7H2,1H3,(H,16,17,19). The second kappa shape index (κ2) is 4.94. The highest BCUT2D eigenvalue weighted by Gasteiger charge is 2.38. The monoisotopic (exact) mass is 290 g/mol. The van der Waals surface area contributed by atoms with Gasteiger partial charge in [0.15, 0.2) is 11.5 Å². The Hall–Kier alpha value is -2.25. The third-order valence-corrected chi connectivity index (χ3v) is 3.51. The fourth-order valence-corrected chi connectivity index (χ4v) is 2.45. The van der Waals surface area contributed by atoms with E-state index in [1.165, 1.54) is 6.20 Å². The van der Waals surface area contributed by atoms with Crippen molar-refractivity contribution in [3.8, 4) is 0 Å². The molecule has 2 N–H and O–H groups in total. The van der Waals surface area contributed by atoms with Gasteiger partial charge in [0, 0.05) is 11.8 Å². The van der Waals surface area contributed by atoms with Gasteiger partial charge in [0.1, 0.15) is 5.69 Å². The van der Waals surface area contributed by atoms with Crippen molar-refractivity contribution in [3.05, 3.63) is 35.2 Å². The molecular weight excluding hydrogens is 276 g/mol. The van der Waals surface area contributed by atoms with Crippen LogP contribution in [0.25, 0.3) is 5.76 Å². The van der Waals surface area contributed by atoms with Crippen molar-refractivity contribution < 1.29 is 24.2 Å². The highest BCUT2D eigenvalue weighted by atomic mass is 16.7. The second-order valence-corrected chi connectivity index (χ2v) is 4.92. The number of carbonyl (C=O) groups excluding carboxylic acids is 2. The molecule has 0 aromatic carbocycles. The number of pyridine rings is 1. The van der Waals surface area contributed by atoms with Crippen molar-refractivity contribution in [1.82, 2.24) is 10.3 Å². The van der Waals surface area contributed by atoms with Crippen LogP contribution in [0, 0.1) is 0 Å². The molecule has 2 fully saturated rings. The van der Waals surface area contributed by atoms with Gasteiger partial charge in [-0.15, -0.1) is 0 Å². The number of amides is 2. The number of aromatic nitrogens is 1. The van der Waals surface area contributed by atoms with E-state index in [0.717, 1.165) is 0 Å². The number of imide groups is 1. The topological polar surface area (TPSA) is 97.8 Å². The van der Waals surface area contributed by atoms with Gasteiger partial charge in [0.25, 0.3) is 5.91 Å². The summed E-state index contributed by atoms with van der Waals surface area (Å²) in [6.07, 6.45) is 1.32. The average molecular weight is 290 g/mol. The molecule has 3 rings (SSSR count). The van der Waals surface area contributed by atoms with E-state index in [4.69, 9.17) is 9.47 Å². The summed E-state index contributed by atoms with van der Waals surface area (Å²) in [6, 6.07) is 3.39. The number of hydrogen-bond acceptors (Lipinski definition) is 6. The Labute approximate surface area is 120 Å². The summed E-state index contributed by atoms with van der Waals surface area (Å²) in [6.45, 7) is 2.58. The first-order chi connectivity index (χ1) is 10.0. The Morgan fingerprint density at radius 1 is 1.38 bits per heavy atom. The molecule has 0 bridgehead atoms. The molecule has 0 spiro atoms. The van der Waals surface area contributed by atoms with E-state index < -0.39 is 17.6 Å². The first kappa shape index (κ1) is 13.7. The lowest BCUT2D eigenvalue weighted by molar-refractivity contribution is -0.150.